The van der Waals surface area contributed by atoms with Gasteiger partial charge >= 0.3 is 0 Å². The highest BCUT2D eigenvalue weighted by molar-refractivity contribution is 6.33. The molecule has 0 saturated carbocycles. The molecule has 2 aromatic carbocycles. The molecule has 168 valence electrons. The highest BCUT2D eigenvalue weighted by atomic mass is 35.5. The minimum atomic E-state index is -0.934. The van der Waals surface area contributed by atoms with Crippen molar-refractivity contribution in [3.63, 3.8) is 0 Å². The van der Waals surface area contributed by atoms with Gasteiger partial charge in [-0.25, -0.2) is 8.78 Å². The Labute approximate surface area is 189 Å². The third kappa shape index (κ3) is 4.61. The monoisotopic (exact) mass is 460 g/mol. The van der Waals surface area contributed by atoms with E-state index in [0.717, 1.165) is 37.9 Å². The van der Waals surface area contributed by atoms with Crippen molar-refractivity contribution in [2.45, 2.75) is 32.2 Å². The van der Waals surface area contributed by atoms with E-state index in [1.54, 1.807) is 29.9 Å². The summed E-state index contributed by atoms with van der Waals surface area (Å²) in [6.07, 6.45) is 4.78. The quantitative estimate of drug-likeness (QED) is 0.551. The molecule has 1 unspecified atom stereocenters. The number of hydroxylamine groups is 2. The van der Waals surface area contributed by atoms with Crippen LogP contribution in [-0.2, 0) is 7.05 Å². The van der Waals surface area contributed by atoms with Gasteiger partial charge in [-0.05, 0) is 50.1 Å². The van der Waals surface area contributed by atoms with Crippen LogP contribution in [0.5, 0.6) is 5.75 Å². The molecule has 1 aliphatic heterocycles. The molecule has 1 aliphatic rings. The number of amides is 1. The first-order valence-corrected chi connectivity index (χ1v) is 10.7. The lowest BCUT2D eigenvalue weighted by molar-refractivity contribution is -0.106. The number of hydrogen-bond acceptors (Lipinski definition) is 4. The Morgan fingerprint density at radius 1 is 1.22 bits per heavy atom. The molecule has 1 atom stereocenters. The number of nitrogens with zero attached hydrogens (tertiary/aromatic N) is 3. The van der Waals surface area contributed by atoms with E-state index in [1.165, 1.54) is 6.20 Å². The first kappa shape index (κ1) is 22.2. The lowest BCUT2D eigenvalue weighted by atomic mass is 10.1. The normalized spacial score (nSPS) is 16.7. The zero-order valence-corrected chi connectivity index (χ0v) is 18.5. The van der Waals surface area contributed by atoms with Gasteiger partial charge in [0.25, 0.3) is 5.91 Å². The lowest BCUT2D eigenvalue weighted by Gasteiger charge is -2.33. The Hall–Kier alpha value is -2.97. The summed E-state index contributed by atoms with van der Waals surface area (Å²) in [5.74, 6) is -1.81. The molecule has 1 saturated heterocycles. The fraction of sp³-hybridized carbons (Fsp3) is 0.304. The standard InChI is InChI=1S/C23H23ClF2N4O2/c1-14-5-3-4-10-30(14)32-21-9-7-16(12-18(21)22-19(24)13-27-29(22)2)28-23(31)17-8-6-15(25)11-20(17)26/h6-9,11-14H,3-5,10H2,1-2H3,(H,28,31). The number of rotatable bonds is 5. The summed E-state index contributed by atoms with van der Waals surface area (Å²) in [6, 6.07) is 8.18. The van der Waals surface area contributed by atoms with Gasteiger partial charge in [0, 0.05) is 37.0 Å². The minimum Gasteiger partial charge on any atom is -0.405 e. The van der Waals surface area contributed by atoms with Crippen LogP contribution in [0, 0.1) is 11.6 Å². The Morgan fingerprint density at radius 3 is 2.72 bits per heavy atom. The van der Waals surface area contributed by atoms with E-state index in [2.05, 4.69) is 17.3 Å². The molecule has 6 nitrogen and oxygen atoms in total. The van der Waals surface area contributed by atoms with Crippen molar-refractivity contribution in [2.24, 2.45) is 7.05 Å². The molecule has 4 rings (SSSR count). The van der Waals surface area contributed by atoms with E-state index >= 15 is 0 Å². The third-order valence-corrected chi connectivity index (χ3v) is 5.80. The van der Waals surface area contributed by atoms with E-state index < -0.39 is 17.5 Å². The van der Waals surface area contributed by atoms with Crippen molar-refractivity contribution in [3.05, 3.63) is 64.8 Å². The number of piperidine rings is 1. The molecule has 0 aliphatic carbocycles. The molecule has 1 aromatic heterocycles. The molecule has 9 heteroatoms. The number of aryl methyl sites for hydroxylation is 1. The lowest BCUT2D eigenvalue weighted by Crippen LogP contribution is -2.40. The van der Waals surface area contributed by atoms with Crippen molar-refractivity contribution >= 4 is 23.2 Å². The fourth-order valence-corrected chi connectivity index (χ4v) is 4.06. The van der Waals surface area contributed by atoms with E-state index in [0.29, 0.717) is 33.8 Å². The summed E-state index contributed by atoms with van der Waals surface area (Å²) in [4.78, 5) is 18.8. The topological polar surface area (TPSA) is 59.4 Å². The third-order valence-electron chi connectivity index (χ3n) is 5.52. The number of hydrogen-bond donors (Lipinski definition) is 1. The van der Waals surface area contributed by atoms with E-state index in [-0.39, 0.29) is 11.6 Å². The second kappa shape index (κ2) is 9.26. The molecule has 1 fully saturated rings. The number of carbonyl (C=O) groups is 1. The van der Waals surface area contributed by atoms with Gasteiger partial charge in [-0.15, -0.1) is 5.06 Å². The van der Waals surface area contributed by atoms with Gasteiger partial charge in [-0.2, -0.15) is 5.10 Å². The summed E-state index contributed by atoms with van der Waals surface area (Å²) < 4.78 is 28.8. The maximum Gasteiger partial charge on any atom is 0.258 e. The molecule has 1 amide bonds. The van der Waals surface area contributed by atoms with E-state index in [9.17, 15) is 13.6 Å². The predicted octanol–water partition coefficient (Wildman–Crippen LogP) is 5.44. The van der Waals surface area contributed by atoms with Crippen LogP contribution < -0.4 is 10.2 Å². The molecule has 2 heterocycles. The van der Waals surface area contributed by atoms with Gasteiger partial charge in [0.2, 0.25) is 0 Å². The molecule has 0 radical (unpaired) electrons. The zero-order valence-electron chi connectivity index (χ0n) is 17.7. The Kier molecular flexibility index (Phi) is 6.43. The van der Waals surface area contributed by atoms with Gasteiger partial charge in [0.15, 0.2) is 5.75 Å². The molecule has 0 spiro atoms. The average Bonchev–Trinajstić information content (AvgIpc) is 3.08. The van der Waals surface area contributed by atoms with Crippen LogP contribution in [0.3, 0.4) is 0 Å². The molecule has 1 N–H and O–H groups in total. The fourth-order valence-electron chi connectivity index (χ4n) is 3.79. The highest BCUT2D eigenvalue weighted by Crippen LogP contribution is 2.37. The van der Waals surface area contributed by atoms with Gasteiger partial charge in [-0.3, -0.25) is 9.48 Å². The van der Waals surface area contributed by atoms with Crippen LogP contribution in [0.1, 0.15) is 36.5 Å². The summed E-state index contributed by atoms with van der Waals surface area (Å²) in [7, 11) is 1.76. The summed E-state index contributed by atoms with van der Waals surface area (Å²) in [5, 5.41) is 9.22. The van der Waals surface area contributed by atoms with Gasteiger partial charge in [0.1, 0.15) is 11.6 Å². The number of anilines is 1. The summed E-state index contributed by atoms with van der Waals surface area (Å²) in [6.45, 7) is 2.92. The van der Waals surface area contributed by atoms with E-state index in [1.807, 2.05) is 5.06 Å². The van der Waals surface area contributed by atoms with E-state index in [4.69, 9.17) is 16.4 Å². The maximum absolute atomic E-state index is 14.0. The van der Waals surface area contributed by atoms with Crippen LogP contribution >= 0.6 is 11.6 Å². The summed E-state index contributed by atoms with van der Waals surface area (Å²) in [5.41, 5.74) is 1.40. The maximum atomic E-state index is 14.0. The first-order valence-electron chi connectivity index (χ1n) is 10.4. The number of aromatic nitrogens is 2. The molecule has 3 aromatic rings. The first-order chi connectivity index (χ1) is 15.3. The Morgan fingerprint density at radius 2 is 2.03 bits per heavy atom. The van der Waals surface area contributed by atoms with Gasteiger partial charge < -0.3 is 10.2 Å². The van der Waals surface area contributed by atoms with Crippen LogP contribution in [-0.4, -0.2) is 33.3 Å². The van der Waals surface area contributed by atoms with Gasteiger partial charge in [-0.1, -0.05) is 18.0 Å². The van der Waals surface area contributed by atoms with Crippen LogP contribution in [0.4, 0.5) is 14.5 Å². The van der Waals surface area contributed by atoms with Crippen LogP contribution in [0.2, 0.25) is 5.02 Å². The minimum absolute atomic E-state index is 0.256. The average molecular weight is 461 g/mol. The molecule has 0 bridgehead atoms. The van der Waals surface area contributed by atoms with Crippen molar-refractivity contribution in [2.75, 3.05) is 11.9 Å². The predicted molar refractivity (Wildman–Crippen MR) is 119 cm³/mol. The Bertz CT molecular complexity index is 1130. The smallest absolute Gasteiger partial charge is 0.258 e. The van der Waals surface area contributed by atoms with Crippen molar-refractivity contribution in [3.8, 4) is 17.0 Å². The highest BCUT2D eigenvalue weighted by Gasteiger charge is 2.23. The number of nitrogens with one attached hydrogen (secondary N) is 1. The number of carbonyl (C=O) groups excluding carboxylic acids is 1. The van der Waals surface area contributed by atoms with Crippen LogP contribution in [0.25, 0.3) is 11.3 Å². The molecular formula is C23H23ClF2N4O2. The van der Waals surface area contributed by atoms with Crippen molar-refractivity contribution < 1.29 is 18.4 Å². The number of benzene rings is 2. The Balaban J connectivity index is 1.67. The largest absolute Gasteiger partial charge is 0.405 e. The second-order valence-corrected chi connectivity index (χ2v) is 8.24. The number of halogens is 3. The second-order valence-electron chi connectivity index (χ2n) is 7.83. The zero-order chi connectivity index (χ0) is 22.8. The van der Waals surface area contributed by atoms with Crippen molar-refractivity contribution in [1.82, 2.24) is 14.8 Å². The summed E-state index contributed by atoms with van der Waals surface area (Å²) >= 11 is 6.39. The van der Waals surface area contributed by atoms with Crippen LogP contribution in [0.15, 0.2) is 42.6 Å². The molecule has 32 heavy (non-hydrogen) atoms. The molecular weight excluding hydrogens is 438 g/mol. The SMILES string of the molecule is CC1CCCCN1Oc1ccc(NC(=O)c2ccc(F)cc2F)cc1-c1c(Cl)cnn1C. The van der Waals surface area contributed by atoms with Crippen molar-refractivity contribution in [1.29, 1.82) is 0 Å². The van der Waals surface area contributed by atoms with Gasteiger partial charge in [0.05, 0.1) is 22.5 Å².